The van der Waals surface area contributed by atoms with Gasteiger partial charge in [0.05, 0.1) is 6.61 Å². The van der Waals surface area contributed by atoms with E-state index in [1.165, 1.54) is 0 Å². The number of guanidine groups is 1. The summed E-state index contributed by atoms with van der Waals surface area (Å²) in [6.07, 6.45) is 2.84. The summed E-state index contributed by atoms with van der Waals surface area (Å²) in [5, 5.41) is 6.94. The molecule has 1 saturated heterocycles. The number of pyridine rings is 1. The zero-order valence-corrected chi connectivity index (χ0v) is 19.0. The second-order valence-corrected chi connectivity index (χ2v) is 7.05. The minimum Gasteiger partial charge on any atom is -0.478 e. The molecule has 148 valence electrons. The minimum absolute atomic E-state index is 0. The fraction of sp³-hybridized carbons (Fsp3) is 0.684. The van der Waals surface area contributed by atoms with Gasteiger partial charge in [0.25, 0.3) is 0 Å². The van der Waals surface area contributed by atoms with Crippen molar-refractivity contribution in [1.82, 2.24) is 20.5 Å². The number of nitrogens with zero attached hydrogens (tertiary/aromatic N) is 3. The third-order valence-corrected chi connectivity index (χ3v) is 4.63. The van der Waals surface area contributed by atoms with Crippen LogP contribution in [0.1, 0.15) is 39.7 Å². The Morgan fingerprint density at radius 1 is 1.38 bits per heavy atom. The molecule has 0 saturated carbocycles. The summed E-state index contributed by atoms with van der Waals surface area (Å²) in [5.41, 5.74) is 1.11. The Bertz CT molecular complexity index is 549. The Labute approximate surface area is 175 Å². The van der Waals surface area contributed by atoms with E-state index < -0.39 is 0 Å². The largest absolute Gasteiger partial charge is 0.478 e. The highest BCUT2D eigenvalue weighted by Crippen LogP contribution is 2.18. The maximum atomic E-state index is 5.51. The first-order valence-electron chi connectivity index (χ1n) is 9.32. The van der Waals surface area contributed by atoms with E-state index in [9.17, 15) is 0 Å². The lowest BCUT2D eigenvalue weighted by atomic mass is 10.1. The highest BCUT2D eigenvalue weighted by Gasteiger charge is 2.31. The van der Waals surface area contributed by atoms with Crippen molar-refractivity contribution in [3.8, 4) is 5.88 Å². The van der Waals surface area contributed by atoms with Crippen molar-refractivity contribution >= 4 is 29.9 Å². The number of aromatic nitrogens is 1. The monoisotopic (exact) mass is 475 g/mol. The van der Waals surface area contributed by atoms with E-state index in [-0.39, 0.29) is 24.0 Å². The van der Waals surface area contributed by atoms with E-state index in [0.717, 1.165) is 31.0 Å². The number of hydrogen-bond donors (Lipinski definition) is 2. The topological polar surface area (TPSA) is 61.8 Å². The molecule has 1 aliphatic rings. The third kappa shape index (κ3) is 6.90. The average molecular weight is 475 g/mol. The van der Waals surface area contributed by atoms with Crippen LogP contribution in [0.3, 0.4) is 0 Å². The molecule has 2 N–H and O–H groups in total. The van der Waals surface area contributed by atoms with Crippen molar-refractivity contribution in [2.24, 2.45) is 10.9 Å². The molecule has 1 aromatic rings. The molecule has 0 radical (unpaired) electrons. The predicted molar refractivity (Wildman–Crippen MR) is 118 cm³/mol. The molecule has 7 heteroatoms. The molecular weight excluding hydrogens is 441 g/mol. The third-order valence-electron chi connectivity index (χ3n) is 4.63. The summed E-state index contributed by atoms with van der Waals surface area (Å²) in [5.74, 6) is 2.13. The number of hydrogen-bond acceptors (Lipinski definition) is 4. The van der Waals surface area contributed by atoms with E-state index >= 15 is 0 Å². The van der Waals surface area contributed by atoms with Crippen LogP contribution in [0.5, 0.6) is 5.88 Å². The molecule has 0 spiro atoms. The van der Waals surface area contributed by atoms with Crippen molar-refractivity contribution in [3.05, 3.63) is 23.9 Å². The first-order chi connectivity index (χ1) is 12.0. The Morgan fingerprint density at radius 3 is 2.69 bits per heavy atom. The van der Waals surface area contributed by atoms with Crippen LogP contribution >= 0.6 is 24.0 Å². The highest BCUT2D eigenvalue weighted by molar-refractivity contribution is 14.0. The zero-order valence-electron chi connectivity index (χ0n) is 16.7. The molecule has 2 rings (SSSR count). The van der Waals surface area contributed by atoms with Crippen molar-refractivity contribution in [3.63, 3.8) is 0 Å². The van der Waals surface area contributed by atoms with E-state index in [2.05, 4.69) is 53.2 Å². The van der Waals surface area contributed by atoms with Gasteiger partial charge in [0.15, 0.2) is 5.96 Å². The fourth-order valence-electron chi connectivity index (χ4n) is 2.98. The lowest BCUT2D eigenvalue weighted by Crippen LogP contribution is -2.46. The van der Waals surface area contributed by atoms with Gasteiger partial charge in [-0.1, -0.05) is 19.9 Å². The Hall–Kier alpha value is -1.09. The molecule has 1 fully saturated rings. The Kier molecular flexibility index (Phi) is 10.2. The minimum atomic E-state index is 0. The van der Waals surface area contributed by atoms with Gasteiger partial charge in [-0.2, -0.15) is 0 Å². The van der Waals surface area contributed by atoms with Crippen LogP contribution in [-0.4, -0.2) is 54.7 Å². The maximum absolute atomic E-state index is 5.51. The van der Waals surface area contributed by atoms with E-state index in [1.54, 1.807) is 0 Å². The van der Waals surface area contributed by atoms with Crippen molar-refractivity contribution in [2.45, 2.75) is 52.7 Å². The SMILES string of the molecule is CCCOc1ccc(CNC(=NC)NC2CN(C(C)C)CC2C)cn1.I. The lowest BCUT2D eigenvalue weighted by molar-refractivity contribution is 0.265. The molecule has 0 aromatic carbocycles. The van der Waals surface area contributed by atoms with Gasteiger partial charge in [0.1, 0.15) is 0 Å². The number of nitrogens with one attached hydrogen (secondary N) is 2. The van der Waals surface area contributed by atoms with Gasteiger partial charge >= 0.3 is 0 Å². The number of halogens is 1. The molecule has 6 nitrogen and oxygen atoms in total. The number of rotatable bonds is 7. The average Bonchev–Trinajstić information content (AvgIpc) is 2.98. The van der Waals surface area contributed by atoms with Crippen LogP contribution < -0.4 is 15.4 Å². The van der Waals surface area contributed by atoms with Gasteiger partial charge in [-0.25, -0.2) is 4.98 Å². The molecule has 26 heavy (non-hydrogen) atoms. The number of ether oxygens (including phenoxy) is 1. The van der Waals surface area contributed by atoms with Gasteiger partial charge in [0.2, 0.25) is 5.88 Å². The fourth-order valence-corrected chi connectivity index (χ4v) is 2.98. The molecule has 0 aliphatic carbocycles. The normalized spacial score (nSPS) is 20.8. The van der Waals surface area contributed by atoms with E-state index in [4.69, 9.17) is 4.74 Å². The molecule has 2 heterocycles. The Morgan fingerprint density at radius 2 is 2.15 bits per heavy atom. The van der Waals surface area contributed by atoms with Crippen molar-refractivity contribution in [1.29, 1.82) is 0 Å². The molecular formula is C19H34IN5O. The van der Waals surface area contributed by atoms with Crippen molar-refractivity contribution in [2.75, 3.05) is 26.7 Å². The standard InChI is InChI=1S/C19H33N5O.HI/c1-6-9-25-18-8-7-16(10-21-18)11-22-19(20-5)23-17-13-24(14(2)3)12-15(17)4;/h7-8,10,14-15,17H,6,9,11-13H2,1-5H3,(H2,20,22,23);1H. The van der Waals surface area contributed by atoms with Crippen LogP contribution in [0.15, 0.2) is 23.3 Å². The van der Waals surface area contributed by atoms with Crippen molar-refractivity contribution < 1.29 is 4.74 Å². The van der Waals surface area contributed by atoms with Crippen LogP contribution in [0.2, 0.25) is 0 Å². The molecule has 0 bridgehead atoms. The zero-order chi connectivity index (χ0) is 18.2. The van der Waals surface area contributed by atoms with Gasteiger partial charge in [0, 0.05) is 51.0 Å². The summed E-state index contributed by atoms with van der Waals surface area (Å²) in [7, 11) is 1.81. The molecule has 0 amide bonds. The molecule has 2 atom stereocenters. The Balaban J connectivity index is 0.00000338. The van der Waals surface area contributed by atoms with Crippen LogP contribution in [0, 0.1) is 5.92 Å². The first kappa shape index (κ1) is 23.0. The van der Waals surface area contributed by atoms with E-state index in [0.29, 0.717) is 37.0 Å². The second-order valence-electron chi connectivity index (χ2n) is 7.05. The summed E-state index contributed by atoms with van der Waals surface area (Å²) in [6, 6.07) is 4.97. The molecule has 1 aromatic heterocycles. The quantitative estimate of drug-likeness (QED) is 0.361. The summed E-state index contributed by atoms with van der Waals surface area (Å²) in [6.45, 7) is 12.5. The highest BCUT2D eigenvalue weighted by atomic mass is 127. The molecule has 2 unspecified atom stereocenters. The number of aliphatic imine (C=N–C) groups is 1. The summed E-state index contributed by atoms with van der Waals surface area (Å²) >= 11 is 0. The van der Waals surface area contributed by atoms with Gasteiger partial charge in [-0.15, -0.1) is 24.0 Å². The smallest absolute Gasteiger partial charge is 0.213 e. The lowest BCUT2D eigenvalue weighted by Gasteiger charge is -2.22. The van der Waals surface area contributed by atoms with E-state index in [1.807, 2.05) is 25.4 Å². The number of likely N-dealkylation sites (tertiary alicyclic amines) is 1. The summed E-state index contributed by atoms with van der Waals surface area (Å²) in [4.78, 5) is 11.2. The van der Waals surface area contributed by atoms with Crippen LogP contribution in [0.25, 0.3) is 0 Å². The van der Waals surface area contributed by atoms with Crippen LogP contribution in [0.4, 0.5) is 0 Å². The second kappa shape index (κ2) is 11.6. The van der Waals surface area contributed by atoms with Gasteiger partial charge in [-0.3, -0.25) is 9.89 Å². The first-order valence-corrected chi connectivity index (χ1v) is 9.32. The molecule has 1 aliphatic heterocycles. The van der Waals surface area contributed by atoms with Gasteiger partial charge < -0.3 is 15.4 Å². The summed E-state index contributed by atoms with van der Waals surface area (Å²) < 4.78 is 5.51. The maximum Gasteiger partial charge on any atom is 0.213 e. The predicted octanol–water partition coefficient (Wildman–Crippen LogP) is 2.88. The van der Waals surface area contributed by atoms with Gasteiger partial charge in [-0.05, 0) is 31.7 Å². The van der Waals surface area contributed by atoms with Crippen LogP contribution in [-0.2, 0) is 6.54 Å².